The van der Waals surface area contributed by atoms with Crippen LogP contribution in [0.4, 0.5) is 0 Å². The molecule has 0 radical (unpaired) electrons. The Labute approximate surface area is 149 Å². The van der Waals surface area contributed by atoms with Crippen LogP contribution in [0, 0.1) is 6.92 Å². The largest absolute Gasteiger partial charge is 0.272 e. The quantitative estimate of drug-likeness (QED) is 0.423. The van der Waals surface area contributed by atoms with Crippen molar-refractivity contribution < 1.29 is 4.79 Å². The maximum Gasteiger partial charge on any atom is 0.250 e. The maximum atomic E-state index is 12.0. The zero-order chi connectivity index (χ0) is 16.9. The third kappa shape index (κ3) is 4.21. The van der Waals surface area contributed by atoms with E-state index in [0.717, 1.165) is 25.8 Å². The Hall–Kier alpha value is -2.18. The van der Waals surface area contributed by atoms with E-state index in [-0.39, 0.29) is 5.91 Å². The molecule has 0 bridgehead atoms. The molecule has 1 aromatic heterocycles. The fourth-order valence-electron chi connectivity index (χ4n) is 2.08. The van der Waals surface area contributed by atoms with E-state index in [4.69, 9.17) is 0 Å². The van der Waals surface area contributed by atoms with Gasteiger partial charge in [0.2, 0.25) is 0 Å². The molecule has 0 aliphatic heterocycles. The molecular weight excluding hydrogens is 338 g/mol. The predicted molar refractivity (Wildman–Crippen MR) is 102 cm³/mol. The summed E-state index contributed by atoms with van der Waals surface area (Å²) < 4.78 is 2.03. The topological polar surface area (TPSA) is 54.4 Å². The summed E-state index contributed by atoms with van der Waals surface area (Å²) in [6.07, 6.45) is 0. The summed E-state index contributed by atoms with van der Waals surface area (Å²) in [5.41, 5.74) is 6.56. The fraction of sp³-hybridized carbons (Fsp3) is 0.167. The van der Waals surface area contributed by atoms with Crippen LogP contribution in [-0.2, 0) is 4.79 Å². The number of carbonyl (C=O) groups excluding carboxylic acids is 1. The first-order valence-corrected chi connectivity index (χ1v) is 9.30. The number of rotatable bonds is 5. The highest BCUT2D eigenvalue weighted by atomic mass is 32.2. The van der Waals surface area contributed by atoms with E-state index in [1.54, 1.807) is 11.3 Å². The number of benzene rings is 2. The number of aromatic nitrogens is 1. The van der Waals surface area contributed by atoms with E-state index >= 15 is 0 Å². The highest BCUT2D eigenvalue weighted by Crippen LogP contribution is 2.28. The molecule has 6 heteroatoms. The van der Waals surface area contributed by atoms with Gasteiger partial charge in [-0.15, -0.1) is 11.3 Å². The molecule has 3 rings (SSSR count). The second-order valence-corrected chi connectivity index (χ2v) is 7.59. The van der Waals surface area contributed by atoms with Crippen LogP contribution < -0.4 is 5.43 Å². The predicted octanol–water partition coefficient (Wildman–Crippen LogP) is 4.24. The molecule has 0 aliphatic rings. The van der Waals surface area contributed by atoms with E-state index in [1.807, 2.05) is 62.4 Å². The number of nitrogens with one attached hydrogen (secondary N) is 1. The summed E-state index contributed by atoms with van der Waals surface area (Å²) in [5.74, 6) is 0.163. The third-order valence-electron chi connectivity index (χ3n) is 3.42. The van der Waals surface area contributed by atoms with Gasteiger partial charge in [-0.2, -0.15) is 5.10 Å². The zero-order valence-corrected chi connectivity index (χ0v) is 15.1. The minimum absolute atomic E-state index is 0.134. The Balaban J connectivity index is 1.55. The molecule has 122 valence electrons. The first kappa shape index (κ1) is 16.7. The molecule has 0 spiro atoms. The van der Waals surface area contributed by atoms with Gasteiger partial charge in [-0.3, -0.25) is 4.79 Å². The van der Waals surface area contributed by atoms with Gasteiger partial charge >= 0.3 is 0 Å². The number of hydrazone groups is 1. The van der Waals surface area contributed by atoms with Crippen molar-refractivity contribution in [3.05, 3.63) is 59.7 Å². The minimum Gasteiger partial charge on any atom is -0.272 e. The van der Waals surface area contributed by atoms with Crippen LogP contribution in [0.3, 0.4) is 0 Å². The lowest BCUT2D eigenvalue weighted by Gasteiger charge is -2.03. The Morgan fingerprint density at radius 3 is 2.71 bits per heavy atom. The average Bonchev–Trinajstić information content (AvgIpc) is 3.01. The van der Waals surface area contributed by atoms with Gasteiger partial charge in [0.25, 0.3) is 5.91 Å². The highest BCUT2D eigenvalue weighted by molar-refractivity contribution is 8.01. The van der Waals surface area contributed by atoms with Gasteiger partial charge in [0.1, 0.15) is 0 Å². The van der Waals surface area contributed by atoms with E-state index in [9.17, 15) is 4.79 Å². The van der Waals surface area contributed by atoms with Crippen molar-refractivity contribution in [2.45, 2.75) is 18.2 Å². The summed E-state index contributed by atoms with van der Waals surface area (Å²) >= 11 is 3.03. The molecular formula is C18H17N3OS2. The first-order valence-electron chi connectivity index (χ1n) is 7.50. The van der Waals surface area contributed by atoms with Gasteiger partial charge in [0.15, 0.2) is 4.34 Å². The van der Waals surface area contributed by atoms with Crippen LogP contribution in [0.5, 0.6) is 0 Å². The second kappa shape index (κ2) is 7.59. The van der Waals surface area contributed by atoms with E-state index in [0.29, 0.717) is 5.75 Å². The van der Waals surface area contributed by atoms with Gasteiger partial charge in [0, 0.05) is 0 Å². The smallest absolute Gasteiger partial charge is 0.250 e. The van der Waals surface area contributed by atoms with Crippen LogP contribution in [-0.4, -0.2) is 22.4 Å². The summed E-state index contributed by atoms with van der Waals surface area (Å²) in [5, 5.41) is 4.17. The number of amides is 1. The summed E-state index contributed by atoms with van der Waals surface area (Å²) in [6, 6.07) is 16.0. The summed E-state index contributed by atoms with van der Waals surface area (Å²) in [7, 11) is 0. The normalized spacial score (nSPS) is 11.7. The van der Waals surface area contributed by atoms with E-state index < -0.39 is 0 Å². The molecule has 1 heterocycles. The molecule has 0 unspecified atom stereocenters. The number of nitrogens with zero attached hydrogens (tertiary/aromatic N) is 2. The van der Waals surface area contributed by atoms with Gasteiger partial charge in [0.05, 0.1) is 21.7 Å². The molecule has 24 heavy (non-hydrogen) atoms. The molecule has 1 amide bonds. The Morgan fingerprint density at radius 2 is 1.96 bits per heavy atom. The third-order valence-corrected chi connectivity index (χ3v) is 5.60. The maximum absolute atomic E-state index is 12.0. The minimum atomic E-state index is -0.134. The molecule has 3 aromatic rings. The van der Waals surface area contributed by atoms with Crippen molar-refractivity contribution in [3.8, 4) is 0 Å². The number of thioether (sulfide) groups is 1. The van der Waals surface area contributed by atoms with Crippen molar-refractivity contribution in [2.24, 2.45) is 5.10 Å². The molecule has 1 N–H and O–H groups in total. The lowest BCUT2D eigenvalue weighted by atomic mass is 10.1. The standard InChI is InChI=1S/C18H17N3OS2/c1-12-7-9-14(10-8-12)13(2)20-21-17(22)11-23-18-19-15-5-3-4-6-16(15)24-18/h3-10H,11H2,1-2H3,(H,21,22). The lowest BCUT2D eigenvalue weighted by Crippen LogP contribution is -2.21. The number of para-hydroxylation sites is 1. The molecule has 4 nitrogen and oxygen atoms in total. The van der Waals surface area contributed by atoms with Crippen molar-refractivity contribution in [3.63, 3.8) is 0 Å². The Bertz CT molecular complexity index is 852. The molecule has 0 saturated heterocycles. The number of aryl methyl sites for hydroxylation is 1. The van der Waals surface area contributed by atoms with Crippen LogP contribution in [0.1, 0.15) is 18.1 Å². The van der Waals surface area contributed by atoms with E-state index in [1.165, 1.54) is 17.3 Å². The van der Waals surface area contributed by atoms with Crippen molar-refractivity contribution >= 4 is 44.9 Å². The first-order chi connectivity index (χ1) is 11.6. The lowest BCUT2D eigenvalue weighted by molar-refractivity contribution is -0.118. The van der Waals surface area contributed by atoms with Gasteiger partial charge < -0.3 is 0 Å². The SMILES string of the molecule is CC(=NNC(=O)CSc1nc2ccccc2s1)c1ccc(C)cc1. The number of hydrogen-bond donors (Lipinski definition) is 1. The number of hydrogen-bond acceptors (Lipinski definition) is 5. The number of carbonyl (C=O) groups is 1. The molecule has 0 fully saturated rings. The molecule has 0 saturated carbocycles. The average molecular weight is 355 g/mol. The van der Waals surface area contributed by atoms with Gasteiger partial charge in [-0.1, -0.05) is 53.7 Å². The number of fused-ring (bicyclic) bond motifs is 1. The monoisotopic (exact) mass is 355 g/mol. The zero-order valence-electron chi connectivity index (χ0n) is 13.4. The Kier molecular flexibility index (Phi) is 5.27. The van der Waals surface area contributed by atoms with Gasteiger partial charge in [-0.25, -0.2) is 10.4 Å². The van der Waals surface area contributed by atoms with Crippen molar-refractivity contribution in [1.82, 2.24) is 10.4 Å². The molecule has 0 atom stereocenters. The Morgan fingerprint density at radius 1 is 1.21 bits per heavy atom. The van der Waals surface area contributed by atoms with E-state index in [2.05, 4.69) is 15.5 Å². The van der Waals surface area contributed by atoms with Crippen LogP contribution in [0.2, 0.25) is 0 Å². The molecule has 0 aliphatic carbocycles. The second-order valence-electron chi connectivity index (χ2n) is 5.33. The van der Waals surface area contributed by atoms with Gasteiger partial charge in [-0.05, 0) is 31.5 Å². The van der Waals surface area contributed by atoms with Crippen molar-refractivity contribution in [1.29, 1.82) is 0 Å². The summed E-state index contributed by atoms with van der Waals surface area (Å²) in [4.78, 5) is 16.5. The van der Waals surface area contributed by atoms with Crippen molar-refractivity contribution in [2.75, 3.05) is 5.75 Å². The highest BCUT2D eigenvalue weighted by Gasteiger charge is 2.07. The number of thiazole rings is 1. The molecule has 2 aromatic carbocycles. The fourth-order valence-corrected chi connectivity index (χ4v) is 3.94. The van der Waals surface area contributed by atoms with Crippen LogP contribution >= 0.6 is 23.1 Å². The summed E-state index contributed by atoms with van der Waals surface area (Å²) in [6.45, 7) is 3.92. The van der Waals surface area contributed by atoms with Crippen LogP contribution in [0.15, 0.2) is 58.0 Å². The van der Waals surface area contributed by atoms with Crippen LogP contribution in [0.25, 0.3) is 10.2 Å².